The first-order valence-corrected chi connectivity index (χ1v) is 8.73. The summed E-state index contributed by atoms with van der Waals surface area (Å²) >= 11 is 0. The number of aromatic nitrogens is 3. The lowest BCUT2D eigenvalue weighted by atomic mass is 10.1. The summed E-state index contributed by atoms with van der Waals surface area (Å²) < 4.78 is 11.3. The van der Waals surface area contributed by atoms with Gasteiger partial charge in [-0.25, -0.2) is 9.97 Å². The van der Waals surface area contributed by atoms with Crippen LogP contribution in [-0.2, 0) is 13.0 Å². The van der Waals surface area contributed by atoms with Crippen molar-refractivity contribution in [1.29, 1.82) is 0 Å². The van der Waals surface area contributed by atoms with Crippen LogP contribution in [0.25, 0.3) is 12.2 Å². The van der Waals surface area contributed by atoms with Crippen molar-refractivity contribution in [1.82, 2.24) is 15.0 Å². The molecule has 5 nitrogen and oxygen atoms in total. The van der Waals surface area contributed by atoms with Crippen LogP contribution < -0.4 is 4.74 Å². The summed E-state index contributed by atoms with van der Waals surface area (Å²) in [5.74, 6) is 2.30. The molecule has 2 heterocycles. The lowest BCUT2D eigenvalue weighted by Crippen LogP contribution is -1.96. The van der Waals surface area contributed by atoms with E-state index < -0.39 is 0 Å². The molecule has 0 saturated carbocycles. The Hall–Kier alpha value is -3.60. The fourth-order valence-electron chi connectivity index (χ4n) is 2.65. The van der Waals surface area contributed by atoms with Gasteiger partial charge in [0.1, 0.15) is 30.1 Å². The van der Waals surface area contributed by atoms with Gasteiger partial charge in [-0.1, -0.05) is 42.5 Å². The molecule has 2 aromatic carbocycles. The van der Waals surface area contributed by atoms with Gasteiger partial charge in [-0.05, 0) is 29.3 Å². The molecule has 0 aliphatic heterocycles. The third-order valence-electron chi connectivity index (χ3n) is 4.02. The van der Waals surface area contributed by atoms with Gasteiger partial charge in [-0.15, -0.1) is 0 Å². The zero-order chi connectivity index (χ0) is 18.3. The van der Waals surface area contributed by atoms with Crippen LogP contribution in [-0.4, -0.2) is 15.0 Å². The molecule has 5 heteroatoms. The average Bonchev–Trinajstić information content (AvgIpc) is 3.39. The lowest BCUT2D eigenvalue weighted by molar-refractivity contribution is 0.301. The van der Waals surface area contributed by atoms with Crippen LogP contribution in [0, 0.1) is 0 Å². The first kappa shape index (κ1) is 16.8. The molecule has 0 spiro atoms. The quantitative estimate of drug-likeness (QED) is 0.519. The minimum atomic E-state index is 0.361. The van der Waals surface area contributed by atoms with Gasteiger partial charge in [0.15, 0.2) is 0 Å². The standard InChI is InChI=1S/C22H19N3O2/c1-2-4-17(5-3-1)8-11-22-25-19(16-27-22)15-26-20-9-6-18(7-10-20)14-21-23-12-13-24-21/h1-13,16H,14-15H2,(H,23,24)/b11-8+. The van der Waals surface area contributed by atoms with Crippen molar-refractivity contribution in [3.8, 4) is 5.75 Å². The molecule has 0 saturated heterocycles. The molecule has 2 aromatic heterocycles. The van der Waals surface area contributed by atoms with Gasteiger partial charge in [0, 0.05) is 24.9 Å². The van der Waals surface area contributed by atoms with E-state index in [0.717, 1.165) is 29.3 Å². The van der Waals surface area contributed by atoms with E-state index >= 15 is 0 Å². The second-order valence-electron chi connectivity index (χ2n) is 6.07. The van der Waals surface area contributed by atoms with Crippen molar-refractivity contribution in [2.45, 2.75) is 13.0 Å². The number of hydrogen-bond acceptors (Lipinski definition) is 4. The van der Waals surface area contributed by atoms with Crippen LogP contribution in [0.2, 0.25) is 0 Å². The van der Waals surface area contributed by atoms with Gasteiger partial charge in [0.2, 0.25) is 5.89 Å². The lowest BCUT2D eigenvalue weighted by Gasteiger charge is -2.05. The number of rotatable bonds is 7. The molecule has 0 radical (unpaired) electrons. The highest BCUT2D eigenvalue weighted by Gasteiger charge is 2.04. The minimum absolute atomic E-state index is 0.361. The largest absolute Gasteiger partial charge is 0.487 e. The maximum absolute atomic E-state index is 5.79. The average molecular weight is 357 g/mol. The van der Waals surface area contributed by atoms with E-state index in [1.54, 1.807) is 12.5 Å². The number of nitrogens with zero attached hydrogens (tertiary/aromatic N) is 2. The fraction of sp³-hybridized carbons (Fsp3) is 0.0909. The molecular weight excluding hydrogens is 338 g/mol. The maximum Gasteiger partial charge on any atom is 0.218 e. The van der Waals surface area contributed by atoms with Crippen molar-refractivity contribution in [2.75, 3.05) is 0 Å². The summed E-state index contributed by atoms with van der Waals surface area (Å²) in [6.45, 7) is 0.361. The van der Waals surface area contributed by atoms with Gasteiger partial charge in [0.05, 0.1) is 0 Å². The van der Waals surface area contributed by atoms with E-state index in [1.807, 2.05) is 72.9 Å². The molecule has 0 fully saturated rings. The summed E-state index contributed by atoms with van der Waals surface area (Å²) in [6.07, 6.45) is 9.79. The Bertz CT molecular complexity index is 988. The monoisotopic (exact) mass is 357 g/mol. The van der Waals surface area contributed by atoms with E-state index in [9.17, 15) is 0 Å². The molecular formula is C22H19N3O2. The number of oxazole rings is 1. The molecule has 0 amide bonds. The molecule has 134 valence electrons. The molecule has 0 aliphatic carbocycles. The molecule has 4 rings (SSSR count). The van der Waals surface area contributed by atoms with E-state index in [2.05, 4.69) is 15.0 Å². The Morgan fingerprint density at radius 1 is 1.00 bits per heavy atom. The predicted molar refractivity (Wildman–Crippen MR) is 104 cm³/mol. The first-order chi connectivity index (χ1) is 13.3. The third-order valence-corrected chi connectivity index (χ3v) is 4.02. The van der Waals surface area contributed by atoms with Gasteiger partial charge < -0.3 is 14.1 Å². The van der Waals surface area contributed by atoms with Crippen LogP contribution in [0.4, 0.5) is 0 Å². The van der Waals surface area contributed by atoms with Gasteiger partial charge in [-0.3, -0.25) is 0 Å². The van der Waals surface area contributed by atoms with Crippen LogP contribution in [0.5, 0.6) is 5.75 Å². The highest BCUT2D eigenvalue weighted by molar-refractivity contribution is 5.65. The topological polar surface area (TPSA) is 63.9 Å². The van der Waals surface area contributed by atoms with E-state index in [4.69, 9.17) is 9.15 Å². The van der Waals surface area contributed by atoms with Crippen molar-refractivity contribution >= 4 is 12.2 Å². The smallest absolute Gasteiger partial charge is 0.218 e. The van der Waals surface area contributed by atoms with Crippen molar-refractivity contribution < 1.29 is 9.15 Å². The summed E-state index contributed by atoms with van der Waals surface area (Å²) in [4.78, 5) is 11.8. The van der Waals surface area contributed by atoms with Crippen molar-refractivity contribution in [3.63, 3.8) is 0 Å². The Balaban J connectivity index is 1.31. The molecule has 27 heavy (non-hydrogen) atoms. The second-order valence-corrected chi connectivity index (χ2v) is 6.07. The normalized spacial score (nSPS) is 11.1. The van der Waals surface area contributed by atoms with E-state index in [-0.39, 0.29) is 0 Å². The molecule has 0 atom stereocenters. The number of imidazole rings is 1. The molecule has 0 bridgehead atoms. The summed E-state index contributed by atoms with van der Waals surface area (Å²) in [7, 11) is 0. The van der Waals surface area contributed by atoms with Gasteiger partial charge in [-0.2, -0.15) is 0 Å². The number of hydrogen-bond donors (Lipinski definition) is 1. The number of aromatic amines is 1. The SMILES string of the molecule is C(=C\c1nc(COc2ccc(Cc3ncc[nH]3)cc2)co1)/c1ccccc1. The predicted octanol–water partition coefficient (Wildman–Crippen LogP) is 4.74. The fourth-order valence-corrected chi connectivity index (χ4v) is 2.65. The van der Waals surface area contributed by atoms with E-state index in [1.165, 1.54) is 5.56 Å². The highest BCUT2D eigenvalue weighted by Crippen LogP contribution is 2.16. The van der Waals surface area contributed by atoms with Gasteiger partial charge in [0.25, 0.3) is 0 Å². The van der Waals surface area contributed by atoms with Crippen LogP contribution in [0.1, 0.15) is 28.5 Å². The van der Waals surface area contributed by atoms with Crippen molar-refractivity contribution in [3.05, 3.63) is 102 Å². The number of ether oxygens (including phenoxy) is 1. The van der Waals surface area contributed by atoms with Crippen LogP contribution >= 0.6 is 0 Å². The van der Waals surface area contributed by atoms with Crippen LogP contribution in [0.3, 0.4) is 0 Å². The zero-order valence-corrected chi connectivity index (χ0v) is 14.7. The van der Waals surface area contributed by atoms with Crippen molar-refractivity contribution in [2.24, 2.45) is 0 Å². The second kappa shape index (κ2) is 8.19. The number of H-pyrrole nitrogens is 1. The summed E-state index contributed by atoms with van der Waals surface area (Å²) in [6, 6.07) is 18.0. The Morgan fingerprint density at radius 3 is 2.63 bits per heavy atom. The third kappa shape index (κ3) is 4.73. The Morgan fingerprint density at radius 2 is 1.85 bits per heavy atom. The molecule has 1 N–H and O–H groups in total. The molecule has 4 aromatic rings. The van der Waals surface area contributed by atoms with E-state index in [0.29, 0.717) is 12.5 Å². The molecule has 0 aliphatic rings. The Kier molecular flexibility index (Phi) is 5.11. The highest BCUT2D eigenvalue weighted by atomic mass is 16.5. The maximum atomic E-state index is 5.79. The minimum Gasteiger partial charge on any atom is -0.487 e. The summed E-state index contributed by atoms with van der Waals surface area (Å²) in [5, 5.41) is 0. The van der Waals surface area contributed by atoms with Crippen LogP contribution in [0.15, 0.2) is 77.7 Å². The zero-order valence-electron chi connectivity index (χ0n) is 14.7. The van der Waals surface area contributed by atoms with Gasteiger partial charge >= 0.3 is 0 Å². The Labute approximate surface area is 157 Å². The number of nitrogens with one attached hydrogen (secondary N) is 1. The molecule has 0 unspecified atom stereocenters. The first-order valence-electron chi connectivity index (χ1n) is 8.73. The number of benzene rings is 2. The summed E-state index contributed by atoms with van der Waals surface area (Å²) in [5.41, 5.74) is 3.03.